The Hall–Kier alpha value is -0.750. The quantitative estimate of drug-likeness (QED) is 0.613. The summed E-state index contributed by atoms with van der Waals surface area (Å²) in [6.45, 7) is 3.28. The topological polar surface area (TPSA) is 60.8 Å². The number of aliphatic hydroxyl groups excluding tert-OH is 1. The Morgan fingerprint density at radius 3 is 2.00 bits per heavy atom. The zero-order chi connectivity index (χ0) is 10.6. The minimum absolute atomic E-state index is 0.109. The van der Waals surface area contributed by atoms with Crippen LogP contribution in [0.4, 0.5) is 8.78 Å². The van der Waals surface area contributed by atoms with Gasteiger partial charge in [0.05, 0.1) is 0 Å². The third-order valence-electron chi connectivity index (χ3n) is 1.66. The average molecular weight is 197 g/mol. The standard InChI is InChI=1S/C7H13F2NO3/c1-3-10(4-2)5(11)7(8,9)6(12)13/h6,12-13H,3-4H2,1-2H3. The van der Waals surface area contributed by atoms with Gasteiger partial charge in [0.2, 0.25) is 6.29 Å². The van der Waals surface area contributed by atoms with Crippen molar-refractivity contribution in [2.75, 3.05) is 13.1 Å². The first-order chi connectivity index (χ1) is 5.87. The molecule has 6 heteroatoms. The fourth-order valence-corrected chi connectivity index (χ4v) is 0.832. The van der Waals surface area contributed by atoms with Crippen LogP contribution in [0.3, 0.4) is 0 Å². The first kappa shape index (κ1) is 12.2. The van der Waals surface area contributed by atoms with Crippen molar-refractivity contribution in [3.8, 4) is 0 Å². The van der Waals surface area contributed by atoms with Crippen LogP contribution >= 0.6 is 0 Å². The monoisotopic (exact) mass is 197 g/mol. The van der Waals surface area contributed by atoms with E-state index in [2.05, 4.69) is 0 Å². The van der Waals surface area contributed by atoms with E-state index >= 15 is 0 Å². The molecule has 0 fully saturated rings. The van der Waals surface area contributed by atoms with Gasteiger partial charge >= 0.3 is 5.92 Å². The van der Waals surface area contributed by atoms with Crippen LogP contribution in [0.15, 0.2) is 0 Å². The highest BCUT2D eigenvalue weighted by molar-refractivity contribution is 5.83. The van der Waals surface area contributed by atoms with Crippen molar-refractivity contribution in [2.24, 2.45) is 0 Å². The molecule has 0 unspecified atom stereocenters. The molecule has 0 saturated heterocycles. The van der Waals surface area contributed by atoms with Crippen molar-refractivity contribution in [3.05, 3.63) is 0 Å². The zero-order valence-corrected chi connectivity index (χ0v) is 7.50. The molecule has 1 amide bonds. The van der Waals surface area contributed by atoms with E-state index < -0.39 is 18.1 Å². The van der Waals surface area contributed by atoms with Crippen LogP contribution in [0.25, 0.3) is 0 Å². The summed E-state index contributed by atoms with van der Waals surface area (Å²) in [7, 11) is 0. The van der Waals surface area contributed by atoms with Crippen LogP contribution in [-0.2, 0) is 4.79 Å². The van der Waals surface area contributed by atoms with E-state index in [9.17, 15) is 13.6 Å². The summed E-state index contributed by atoms with van der Waals surface area (Å²) >= 11 is 0. The molecular weight excluding hydrogens is 184 g/mol. The van der Waals surface area contributed by atoms with Gasteiger partial charge in [-0.1, -0.05) is 0 Å². The molecule has 0 aromatic carbocycles. The van der Waals surface area contributed by atoms with Gasteiger partial charge in [-0.25, -0.2) is 0 Å². The van der Waals surface area contributed by atoms with Gasteiger partial charge in [-0.15, -0.1) is 0 Å². The molecule has 0 bridgehead atoms. The second kappa shape index (κ2) is 4.48. The molecule has 0 spiro atoms. The summed E-state index contributed by atoms with van der Waals surface area (Å²) in [6.07, 6.45) is -2.94. The number of hydrogen-bond acceptors (Lipinski definition) is 3. The van der Waals surface area contributed by atoms with E-state index in [1.54, 1.807) is 0 Å². The molecule has 0 aliphatic rings. The van der Waals surface area contributed by atoms with Crippen LogP contribution in [0.5, 0.6) is 0 Å². The molecule has 0 saturated carbocycles. The molecule has 2 N–H and O–H groups in total. The maximum atomic E-state index is 12.7. The normalized spacial score (nSPS) is 11.9. The summed E-state index contributed by atoms with van der Waals surface area (Å²) in [4.78, 5) is 11.8. The fraction of sp³-hybridized carbons (Fsp3) is 0.857. The van der Waals surface area contributed by atoms with Gasteiger partial charge in [0.25, 0.3) is 5.91 Å². The summed E-state index contributed by atoms with van der Waals surface area (Å²) in [5.74, 6) is -5.68. The number of carbonyl (C=O) groups is 1. The first-order valence-electron chi connectivity index (χ1n) is 3.91. The van der Waals surface area contributed by atoms with Crippen LogP contribution in [0, 0.1) is 0 Å². The first-order valence-corrected chi connectivity index (χ1v) is 3.91. The number of halogens is 2. The Morgan fingerprint density at radius 2 is 1.77 bits per heavy atom. The summed E-state index contributed by atoms with van der Waals surface area (Å²) in [6, 6.07) is 0. The largest absolute Gasteiger partial charge is 0.373 e. The van der Waals surface area contributed by atoms with Crippen LogP contribution < -0.4 is 0 Å². The van der Waals surface area contributed by atoms with Crippen LogP contribution in [-0.4, -0.2) is 46.3 Å². The lowest BCUT2D eigenvalue weighted by Crippen LogP contribution is -2.50. The highest BCUT2D eigenvalue weighted by Gasteiger charge is 2.47. The molecule has 0 aromatic rings. The number of rotatable bonds is 4. The molecule has 0 rings (SSSR count). The average Bonchev–Trinajstić information content (AvgIpc) is 2.06. The molecular formula is C7H13F2NO3. The Labute approximate surface area is 74.8 Å². The third kappa shape index (κ3) is 2.60. The van der Waals surface area contributed by atoms with Gasteiger partial charge in [0, 0.05) is 13.1 Å². The van der Waals surface area contributed by atoms with Gasteiger partial charge in [-0.05, 0) is 13.8 Å². The van der Waals surface area contributed by atoms with Crippen LogP contribution in [0.1, 0.15) is 13.8 Å². The Kier molecular flexibility index (Phi) is 4.22. The molecule has 78 valence electrons. The lowest BCUT2D eigenvalue weighted by Gasteiger charge is -2.25. The van der Waals surface area contributed by atoms with Crippen molar-refractivity contribution < 1.29 is 23.8 Å². The number of alkyl halides is 2. The van der Waals surface area contributed by atoms with E-state index in [4.69, 9.17) is 10.2 Å². The molecule has 0 aromatic heterocycles. The van der Waals surface area contributed by atoms with Crippen molar-refractivity contribution in [1.82, 2.24) is 4.90 Å². The fourth-order valence-electron chi connectivity index (χ4n) is 0.832. The van der Waals surface area contributed by atoms with E-state index in [0.717, 1.165) is 4.90 Å². The second-order valence-corrected chi connectivity index (χ2v) is 2.47. The van der Waals surface area contributed by atoms with Crippen LogP contribution in [0.2, 0.25) is 0 Å². The Morgan fingerprint density at radius 1 is 1.38 bits per heavy atom. The van der Waals surface area contributed by atoms with Gasteiger partial charge in [-0.2, -0.15) is 8.78 Å². The molecule has 0 heterocycles. The molecule has 13 heavy (non-hydrogen) atoms. The predicted octanol–water partition coefficient (Wildman–Crippen LogP) is -0.199. The van der Waals surface area contributed by atoms with E-state index in [-0.39, 0.29) is 13.1 Å². The predicted molar refractivity (Wildman–Crippen MR) is 41.1 cm³/mol. The zero-order valence-electron chi connectivity index (χ0n) is 7.50. The van der Waals surface area contributed by atoms with Crippen molar-refractivity contribution in [1.29, 1.82) is 0 Å². The van der Waals surface area contributed by atoms with Crippen molar-refractivity contribution in [2.45, 2.75) is 26.1 Å². The van der Waals surface area contributed by atoms with Gasteiger partial charge < -0.3 is 15.1 Å². The number of hydrogen-bond donors (Lipinski definition) is 2. The highest BCUT2D eigenvalue weighted by atomic mass is 19.3. The van der Waals surface area contributed by atoms with Gasteiger partial charge in [-0.3, -0.25) is 4.79 Å². The molecule has 0 radical (unpaired) electrons. The lowest BCUT2D eigenvalue weighted by molar-refractivity contribution is -0.216. The summed E-state index contributed by atoms with van der Waals surface area (Å²) in [5, 5.41) is 16.5. The molecule has 0 aliphatic carbocycles. The molecule has 4 nitrogen and oxygen atoms in total. The molecule has 0 aliphatic heterocycles. The van der Waals surface area contributed by atoms with Gasteiger partial charge in [0.15, 0.2) is 0 Å². The SMILES string of the molecule is CCN(CC)C(=O)C(F)(F)C(O)O. The minimum atomic E-state index is -4.12. The number of nitrogens with zero attached hydrogens (tertiary/aromatic N) is 1. The highest BCUT2D eigenvalue weighted by Crippen LogP contribution is 2.20. The smallest absolute Gasteiger partial charge is 0.363 e. The third-order valence-corrected chi connectivity index (χ3v) is 1.66. The summed E-state index contributed by atoms with van der Waals surface area (Å²) in [5.41, 5.74) is 0. The Balaban J connectivity index is 4.56. The Bertz CT molecular complexity index is 181. The van der Waals surface area contributed by atoms with E-state index in [0.29, 0.717) is 0 Å². The minimum Gasteiger partial charge on any atom is -0.363 e. The van der Waals surface area contributed by atoms with Crippen molar-refractivity contribution in [3.63, 3.8) is 0 Å². The van der Waals surface area contributed by atoms with Gasteiger partial charge in [0.1, 0.15) is 0 Å². The maximum Gasteiger partial charge on any atom is 0.373 e. The number of carbonyl (C=O) groups excluding carboxylic acids is 1. The molecule has 0 atom stereocenters. The number of aliphatic hydroxyl groups is 2. The maximum absolute atomic E-state index is 12.7. The van der Waals surface area contributed by atoms with E-state index in [1.807, 2.05) is 0 Å². The van der Waals surface area contributed by atoms with Crippen molar-refractivity contribution >= 4 is 5.91 Å². The van der Waals surface area contributed by atoms with E-state index in [1.165, 1.54) is 13.8 Å². The lowest BCUT2D eigenvalue weighted by atomic mass is 10.2. The second-order valence-electron chi connectivity index (χ2n) is 2.47. The summed E-state index contributed by atoms with van der Waals surface area (Å²) < 4.78 is 25.3. The number of amides is 1.